The Morgan fingerprint density at radius 3 is 1.53 bits per heavy atom. The van der Waals surface area contributed by atoms with Crippen molar-refractivity contribution in [2.45, 2.75) is 12.6 Å². The van der Waals surface area contributed by atoms with Crippen LogP contribution in [0.3, 0.4) is 0 Å². The lowest BCUT2D eigenvalue weighted by Gasteiger charge is -2.37. The maximum Gasteiger partial charge on any atom is 0.237 e. The summed E-state index contributed by atoms with van der Waals surface area (Å²) in [7, 11) is 0. The molecule has 0 aromatic carbocycles. The molecule has 0 aliphatic carbocycles. The van der Waals surface area contributed by atoms with Gasteiger partial charge in [0.1, 0.15) is 0 Å². The minimum absolute atomic E-state index is 0.702. The Bertz CT molecular complexity index is 274. The molecule has 0 spiro atoms. The minimum Gasteiger partial charge on any atom is -0.395 e. The van der Waals surface area contributed by atoms with Crippen LogP contribution in [-0.4, -0.2) is 53.0 Å². The van der Waals surface area contributed by atoms with E-state index in [1.165, 1.54) is 19.1 Å². The van der Waals surface area contributed by atoms with Gasteiger partial charge in [-0.25, -0.2) is 9.59 Å². The van der Waals surface area contributed by atoms with E-state index in [2.05, 4.69) is 9.98 Å². The highest BCUT2D eigenvalue weighted by atomic mass is 16.3. The van der Waals surface area contributed by atoms with Gasteiger partial charge in [0.15, 0.2) is 5.66 Å². The molecule has 3 N–H and O–H groups in total. The van der Waals surface area contributed by atoms with Gasteiger partial charge in [0.2, 0.25) is 12.2 Å². The maximum atomic E-state index is 10.2. The summed E-state index contributed by atoms with van der Waals surface area (Å²) in [6.45, 7) is -0.905. The second-order valence-corrected chi connectivity index (χ2v) is 3.18. The van der Waals surface area contributed by atoms with Crippen molar-refractivity contribution in [2.24, 2.45) is 15.4 Å². The molecule has 0 aliphatic heterocycles. The summed E-state index contributed by atoms with van der Waals surface area (Å²) in [4.78, 5) is 26.8. The average Bonchev–Trinajstić information content (AvgIpc) is 2.21. The van der Waals surface area contributed by atoms with Crippen LogP contribution in [0, 0.1) is 5.41 Å². The van der Waals surface area contributed by atoms with Gasteiger partial charge < -0.3 is 15.3 Å². The Balaban J connectivity index is 5.55. The molecule has 15 heavy (non-hydrogen) atoms. The van der Waals surface area contributed by atoms with Crippen molar-refractivity contribution >= 4 is 12.2 Å². The topological polar surface area (TPSA) is 120 Å². The highest BCUT2D eigenvalue weighted by Crippen LogP contribution is 2.34. The number of aliphatic hydroxyl groups is 3. The van der Waals surface area contributed by atoms with Gasteiger partial charge in [-0.05, 0) is 6.92 Å². The van der Waals surface area contributed by atoms with E-state index in [9.17, 15) is 9.59 Å². The molecule has 7 nitrogen and oxygen atoms in total. The zero-order chi connectivity index (χ0) is 11.9. The zero-order valence-electron chi connectivity index (χ0n) is 8.17. The first-order valence-corrected chi connectivity index (χ1v) is 4.06. The fraction of sp³-hybridized carbons (Fsp3) is 0.750. The Hall–Kier alpha value is -1.36. The second kappa shape index (κ2) is 5.50. The highest BCUT2D eigenvalue weighted by molar-refractivity contribution is 5.39. The predicted octanol–water partition coefficient (Wildman–Crippen LogP) is -1.66. The lowest BCUT2D eigenvalue weighted by molar-refractivity contribution is -0.0422. The van der Waals surface area contributed by atoms with Gasteiger partial charge in [-0.1, -0.05) is 0 Å². The first-order valence-electron chi connectivity index (χ1n) is 4.06. The van der Waals surface area contributed by atoms with Crippen LogP contribution in [-0.2, 0) is 9.59 Å². The SMILES string of the molecule is CC(N=C=O)(N=C=O)C(CO)(CO)CO. The normalized spacial score (nSPS) is 14.7. The third-order valence-electron chi connectivity index (χ3n) is 2.44. The van der Waals surface area contributed by atoms with Crippen molar-refractivity contribution in [2.75, 3.05) is 19.8 Å². The van der Waals surface area contributed by atoms with Crippen LogP contribution in [0.25, 0.3) is 0 Å². The summed E-state index contributed by atoms with van der Waals surface area (Å²) in [6.07, 6.45) is 2.34. The molecule has 7 heteroatoms. The molecule has 0 aromatic heterocycles. The summed E-state index contributed by atoms with van der Waals surface area (Å²) in [5.74, 6) is 0. The number of carbonyl (C=O) groups excluding carboxylic acids is 2. The molecule has 0 rings (SSSR count). The van der Waals surface area contributed by atoms with E-state index in [0.717, 1.165) is 0 Å². The lowest BCUT2D eigenvalue weighted by Crippen LogP contribution is -2.51. The molecular weight excluding hydrogens is 204 g/mol. The molecule has 0 amide bonds. The predicted molar refractivity (Wildman–Crippen MR) is 48.3 cm³/mol. The van der Waals surface area contributed by atoms with Crippen molar-refractivity contribution in [3.8, 4) is 0 Å². The third kappa shape index (κ3) is 2.36. The maximum absolute atomic E-state index is 10.2. The smallest absolute Gasteiger partial charge is 0.237 e. The van der Waals surface area contributed by atoms with Crippen LogP contribution in [0.2, 0.25) is 0 Å². The summed E-state index contributed by atoms with van der Waals surface area (Å²) < 4.78 is 0. The summed E-state index contributed by atoms with van der Waals surface area (Å²) in [6, 6.07) is 0. The largest absolute Gasteiger partial charge is 0.395 e. The molecular formula is C8H12N2O5. The first kappa shape index (κ1) is 13.6. The van der Waals surface area contributed by atoms with Gasteiger partial charge in [0.25, 0.3) is 0 Å². The van der Waals surface area contributed by atoms with Gasteiger partial charge in [-0.2, -0.15) is 9.98 Å². The monoisotopic (exact) mass is 216 g/mol. The molecule has 0 aromatic rings. The molecule has 84 valence electrons. The second-order valence-electron chi connectivity index (χ2n) is 3.18. The molecule has 0 unspecified atom stereocenters. The Labute approximate surface area is 85.8 Å². The Morgan fingerprint density at radius 1 is 1.00 bits per heavy atom. The first-order chi connectivity index (χ1) is 7.05. The van der Waals surface area contributed by atoms with Crippen LogP contribution in [0.5, 0.6) is 0 Å². The molecule has 0 aliphatic rings. The highest BCUT2D eigenvalue weighted by Gasteiger charge is 2.48. The fourth-order valence-electron chi connectivity index (χ4n) is 1.04. The third-order valence-corrected chi connectivity index (χ3v) is 2.44. The van der Waals surface area contributed by atoms with Crippen LogP contribution in [0.15, 0.2) is 9.98 Å². The molecule has 0 bridgehead atoms. The summed E-state index contributed by atoms with van der Waals surface area (Å²) >= 11 is 0. The fourth-order valence-corrected chi connectivity index (χ4v) is 1.04. The van der Waals surface area contributed by atoms with Crippen LogP contribution < -0.4 is 0 Å². The van der Waals surface area contributed by atoms with E-state index < -0.39 is 30.9 Å². The number of nitrogens with zero attached hydrogens (tertiary/aromatic N) is 2. The molecule has 0 fully saturated rings. The number of hydrogen-bond acceptors (Lipinski definition) is 7. The van der Waals surface area contributed by atoms with Crippen LogP contribution >= 0.6 is 0 Å². The van der Waals surface area contributed by atoms with E-state index in [0.29, 0.717) is 0 Å². The van der Waals surface area contributed by atoms with Crippen molar-refractivity contribution in [1.29, 1.82) is 0 Å². The molecule has 0 atom stereocenters. The summed E-state index contributed by atoms with van der Waals surface area (Å²) in [5, 5.41) is 27.2. The van der Waals surface area contributed by atoms with E-state index in [1.54, 1.807) is 0 Å². The summed E-state index contributed by atoms with van der Waals surface area (Å²) in [5.41, 5.74) is -3.39. The Kier molecular flexibility index (Phi) is 5.00. The van der Waals surface area contributed by atoms with E-state index in [-0.39, 0.29) is 0 Å². The molecule has 0 saturated carbocycles. The van der Waals surface area contributed by atoms with Crippen molar-refractivity contribution in [3.05, 3.63) is 0 Å². The van der Waals surface area contributed by atoms with Crippen molar-refractivity contribution in [1.82, 2.24) is 0 Å². The number of aliphatic hydroxyl groups excluding tert-OH is 3. The van der Waals surface area contributed by atoms with Gasteiger partial charge in [0.05, 0.1) is 25.2 Å². The van der Waals surface area contributed by atoms with Gasteiger partial charge >= 0.3 is 0 Å². The molecule has 0 heterocycles. The minimum atomic E-state index is -1.78. The standard InChI is InChI=1S/C8H12N2O5/c1-7(9-5-14,10-6-15)8(2-11,3-12)4-13/h11-13H,2-4H2,1H3. The number of aliphatic imine (C=N–C) groups is 2. The number of isocyanates is 2. The quantitative estimate of drug-likeness (QED) is 0.362. The lowest BCUT2D eigenvalue weighted by atomic mass is 9.78. The van der Waals surface area contributed by atoms with Crippen molar-refractivity contribution in [3.63, 3.8) is 0 Å². The van der Waals surface area contributed by atoms with E-state index in [1.807, 2.05) is 0 Å². The average molecular weight is 216 g/mol. The molecule has 0 saturated heterocycles. The van der Waals surface area contributed by atoms with Crippen LogP contribution in [0.4, 0.5) is 0 Å². The zero-order valence-corrected chi connectivity index (χ0v) is 8.17. The van der Waals surface area contributed by atoms with Crippen LogP contribution in [0.1, 0.15) is 6.92 Å². The molecule has 0 radical (unpaired) electrons. The van der Waals surface area contributed by atoms with Gasteiger partial charge in [0, 0.05) is 0 Å². The van der Waals surface area contributed by atoms with E-state index >= 15 is 0 Å². The van der Waals surface area contributed by atoms with E-state index in [4.69, 9.17) is 15.3 Å². The Morgan fingerprint density at radius 2 is 1.33 bits per heavy atom. The van der Waals surface area contributed by atoms with Gasteiger partial charge in [-0.3, -0.25) is 0 Å². The van der Waals surface area contributed by atoms with Gasteiger partial charge in [-0.15, -0.1) is 0 Å². The number of hydrogen-bond donors (Lipinski definition) is 3. The number of rotatable bonds is 6. The van der Waals surface area contributed by atoms with Crippen molar-refractivity contribution < 1.29 is 24.9 Å².